The molecule has 3 rings (SSSR count). The smallest absolute Gasteiger partial charge is 0.306 e. The van der Waals surface area contributed by atoms with Crippen molar-refractivity contribution in [2.24, 2.45) is 0 Å². The molecule has 10 nitrogen and oxygen atoms in total. The zero-order valence-electron chi connectivity index (χ0n) is 15.6. The Bertz CT molecular complexity index is 894. The average Bonchev–Trinajstić information content (AvgIpc) is 3.11. The second-order valence-corrected chi connectivity index (χ2v) is 6.29. The first-order chi connectivity index (χ1) is 13.5. The van der Waals surface area contributed by atoms with E-state index in [1.807, 2.05) is 12.1 Å². The van der Waals surface area contributed by atoms with Gasteiger partial charge >= 0.3 is 5.97 Å². The second kappa shape index (κ2) is 8.61. The van der Waals surface area contributed by atoms with Gasteiger partial charge in [-0.1, -0.05) is 12.1 Å². The van der Waals surface area contributed by atoms with Crippen LogP contribution in [0.1, 0.15) is 17.8 Å². The third-order valence-corrected chi connectivity index (χ3v) is 4.30. The fraction of sp³-hybridized carbons (Fsp3) is 0.389. The van der Waals surface area contributed by atoms with E-state index >= 15 is 0 Å². The summed E-state index contributed by atoms with van der Waals surface area (Å²) in [5, 5.41) is 20.4. The lowest BCUT2D eigenvalue weighted by Crippen LogP contribution is -2.47. The van der Waals surface area contributed by atoms with E-state index in [0.717, 1.165) is 5.56 Å². The zero-order valence-corrected chi connectivity index (χ0v) is 15.6. The third-order valence-electron chi connectivity index (χ3n) is 4.30. The Kier molecular flexibility index (Phi) is 5.99. The first-order valence-corrected chi connectivity index (χ1v) is 8.71. The topological polar surface area (TPSA) is 120 Å². The molecule has 2 aromatic rings. The van der Waals surface area contributed by atoms with Crippen LogP contribution >= 0.6 is 0 Å². The predicted octanol–water partition coefficient (Wildman–Crippen LogP) is 0.690. The molecule has 0 bridgehead atoms. The van der Waals surface area contributed by atoms with E-state index in [1.165, 1.54) is 4.68 Å². The molecule has 1 aromatic heterocycles. The highest BCUT2D eigenvalue weighted by molar-refractivity contribution is 6.18. The molecule has 28 heavy (non-hydrogen) atoms. The Morgan fingerprint density at radius 3 is 2.93 bits per heavy atom. The number of carbonyl (C=O) groups is 2. The molecule has 10 heteroatoms. The summed E-state index contributed by atoms with van der Waals surface area (Å²) in [4.78, 5) is 25.8. The van der Waals surface area contributed by atoms with Gasteiger partial charge in [-0.2, -0.15) is 4.68 Å². The van der Waals surface area contributed by atoms with Crippen LogP contribution in [0.25, 0.3) is 11.8 Å². The van der Waals surface area contributed by atoms with Crippen LogP contribution in [0.3, 0.4) is 0 Å². The molecule has 1 saturated heterocycles. The van der Waals surface area contributed by atoms with Gasteiger partial charge in [-0.3, -0.25) is 9.59 Å². The van der Waals surface area contributed by atoms with Crippen LogP contribution < -0.4 is 4.74 Å². The van der Waals surface area contributed by atoms with E-state index in [4.69, 9.17) is 14.6 Å². The van der Waals surface area contributed by atoms with Gasteiger partial charge in [0.2, 0.25) is 0 Å². The molecule has 1 aliphatic rings. The number of benzene rings is 1. The minimum Gasteiger partial charge on any atom is -0.497 e. The summed E-state index contributed by atoms with van der Waals surface area (Å²) in [6.07, 6.45) is 0.960. The number of amides is 1. The van der Waals surface area contributed by atoms with Crippen molar-refractivity contribution in [2.75, 3.05) is 26.8 Å². The summed E-state index contributed by atoms with van der Waals surface area (Å²) in [5.41, 5.74) is 1.000. The lowest BCUT2D eigenvalue weighted by Gasteiger charge is -2.32. The number of carbonyl (C=O) groups excluding carboxylic acids is 1. The van der Waals surface area contributed by atoms with Gasteiger partial charge in [-0.15, -0.1) is 5.10 Å². The summed E-state index contributed by atoms with van der Waals surface area (Å²) >= 11 is 0. The van der Waals surface area contributed by atoms with Gasteiger partial charge in [0.05, 0.1) is 26.2 Å². The average molecular weight is 387 g/mol. The molecule has 0 spiro atoms. The Morgan fingerprint density at radius 2 is 2.25 bits per heavy atom. The number of tetrazole rings is 1. The minimum absolute atomic E-state index is 0.164. The van der Waals surface area contributed by atoms with Crippen LogP contribution in [0.5, 0.6) is 5.75 Å². The SMILES string of the molecule is COc1cccc(/C=C(/C(=O)N2CCOC(CC(=O)O)C2)n2nnnc2C)c1. The largest absolute Gasteiger partial charge is 0.497 e. The summed E-state index contributed by atoms with van der Waals surface area (Å²) in [7, 11) is 1.57. The first kappa shape index (κ1) is 19.5. The van der Waals surface area contributed by atoms with Crippen molar-refractivity contribution in [1.82, 2.24) is 25.1 Å². The summed E-state index contributed by atoms with van der Waals surface area (Å²) in [6.45, 7) is 2.50. The molecule has 2 heterocycles. The molecule has 1 amide bonds. The van der Waals surface area contributed by atoms with Crippen molar-refractivity contribution in [3.8, 4) is 5.75 Å². The molecular formula is C18H21N5O5. The maximum atomic E-state index is 13.2. The maximum Gasteiger partial charge on any atom is 0.306 e. The molecule has 1 N–H and O–H groups in total. The van der Waals surface area contributed by atoms with Crippen molar-refractivity contribution in [3.05, 3.63) is 35.7 Å². The minimum atomic E-state index is -0.970. The van der Waals surface area contributed by atoms with Crippen LogP contribution in [0, 0.1) is 6.92 Å². The zero-order chi connectivity index (χ0) is 20.1. The third kappa shape index (κ3) is 4.52. The highest BCUT2D eigenvalue weighted by Gasteiger charge is 2.29. The molecule has 0 aliphatic carbocycles. The number of ether oxygens (including phenoxy) is 2. The van der Waals surface area contributed by atoms with Gasteiger partial charge in [0, 0.05) is 13.1 Å². The normalized spacial score (nSPS) is 17.4. The van der Waals surface area contributed by atoms with Gasteiger partial charge in [-0.05, 0) is 41.1 Å². The van der Waals surface area contributed by atoms with Crippen molar-refractivity contribution in [2.45, 2.75) is 19.4 Å². The number of carboxylic acids is 1. The monoisotopic (exact) mass is 387 g/mol. The molecular weight excluding hydrogens is 366 g/mol. The molecule has 1 atom stereocenters. The second-order valence-electron chi connectivity index (χ2n) is 6.29. The number of hydrogen-bond donors (Lipinski definition) is 1. The standard InChI is InChI=1S/C18H21N5O5/c1-12-19-20-21-23(12)16(9-13-4-3-5-14(8-13)27-2)18(26)22-6-7-28-15(11-22)10-17(24)25/h3-5,8-9,15H,6-7,10-11H2,1-2H3,(H,24,25)/b16-9-. The summed E-state index contributed by atoms with van der Waals surface area (Å²) in [5.74, 6) is -0.167. The molecule has 1 fully saturated rings. The Morgan fingerprint density at radius 1 is 1.43 bits per heavy atom. The number of methoxy groups -OCH3 is 1. The highest BCUT2D eigenvalue weighted by atomic mass is 16.5. The summed E-state index contributed by atoms with van der Waals surface area (Å²) < 4.78 is 12.1. The maximum absolute atomic E-state index is 13.2. The molecule has 1 unspecified atom stereocenters. The summed E-state index contributed by atoms with van der Waals surface area (Å²) in [6, 6.07) is 7.25. The number of carboxylic acid groups (broad SMARTS) is 1. The number of morpholine rings is 1. The highest BCUT2D eigenvalue weighted by Crippen LogP contribution is 2.20. The lowest BCUT2D eigenvalue weighted by atomic mass is 10.1. The van der Waals surface area contributed by atoms with Crippen molar-refractivity contribution in [3.63, 3.8) is 0 Å². The molecule has 0 saturated carbocycles. The molecule has 1 aromatic carbocycles. The van der Waals surface area contributed by atoms with Gasteiger partial charge in [0.1, 0.15) is 11.4 Å². The quantitative estimate of drug-likeness (QED) is 0.719. The van der Waals surface area contributed by atoms with E-state index in [-0.39, 0.29) is 31.2 Å². The van der Waals surface area contributed by atoms with Crippen LogP contribution in [0.2, 0.25) is 0 Å². The number of rotatable bonds is 6. The van der Waals surface area contributed by atoms with Crippen molar-refractivity contribution < 1.29 is 24.2 Å². The van der Waals surface area contributed by atoms with E-state index in [9.17, 15) is 9.59 Å². The van der Waals surface area contributed by atoms with Crippen LogP contribution in [-0.4, -0.2) is 75.0 Å². The van der Waals surface area contributed by atoms with Gasteiger partial charge in [0.15, 0.2) is 5.82 Å². The molecule has 0 radical (unpaired) electrons. The number of aryl methyl sites for hydroxylation is 1. The van der Waals surface area contributed by atoms with Gasteiger partial charge in [0.25, 0.3) is 5.91 Å². The van der Waals surface area contributed by atoms with E-state index in [2.05, 4.69) is 15.5 Å². The number of aliphatic carboxylic acids is 1. The van der Waals surface area contributed by atoms with E-state index in [1.54, 1.807) is 37.1 Å². The lowest BCUT2D eigenvalue weighted by molar-refractivity contribution is -0.145. The predicted molar refractivity (Wildman–Crippen MR) is 98.3 cm³/mol. The Balaban J connectivity index is 1.93. The molecule has 148 valence electrons. The number of nitrogens with zero attached hydrogens (tertiary/aromatic N) is 5. The first-order valence-electron chi connectivity index (χ1n) is 8.71. The van der Waals surface area contributed by atoms with E-state index in [0.29, 0.717) is 18.1 Å². The molecule has 1 aliphatic heterocycles. The van der Waals surface area contributed by atoms with Gasteiger partial charge < -0.3 is 19.5 Å². The fourth-order valence-electron chi connectivity index (χ4n) is 2.94. The van der Waals surface area contributed by atoms with Crippen LogP contribution in [-0.2, 0) is 14.3 Å². The Labute approximate surface area is 161 Å². The van der Waals surface area contributed by atoms with Crippen LogP contribution in [0.15, 0.2) is 24.3 Å². The van der Waals surface area contributed by atoms with Crippen LogP contribution in [0.4, 0.5) is 0 Å². The fourth-order valence-corrected chi connectivity index (χ4v) is 2.94. The number of hydrogen-bond acceptors (Lipinski definition) is 7. The Hall–Kier alpha value is -3.27. The van der Waals surface area contributed by atoms with Crippen molar-refractivity contribution in [1.29, 1.82) is 0 Å². The van der Waals surface area contributed by atoms with Gasteiger partial charge in [-0.25, -0.2) is 0 Å². The van der Waals surface area contributed by atoms with Crippen molar-refractivity contribution >= 4 is 23.6 Å². The number of aromatic nitrogens is 4. The van der Waals surface area contributed by atoms with E-state index < -0.39 is 12.1 Å².